The van der Waals surface area contributed by atoms with Crippen molar-refractivity contribution in [1.29, 1.82) is 0 Å². The Hall–Kier alpha value is -0.610. The van der Waals surface area contributed by atoms with Crippen LogP contribution in [0.4, 0.5) is 0 Å². The predicted octanol–water partition coefficient (Wildman–Crippen LogP) is 2.11. The second-order valence-corrected chi connectivity index (χ2v) is 5.06. The molecule has 0 aromatic carbocycles. The van der Waals surface area contributed by atoms with Crippen LogP contribution in [0, 0.1) is 0 Å². The number of primary amides is 1. The molecule has 0 spiro atoms. The van der Waals surface area contributed by atoms with Gasteiger partial charge in [0.2, 0.25) is 5.91 Å². The fourth-order valence-electron chi connectivity index (χ4n) is 1.99. The van der Waals surface area contributed by atoms with Crippen molar-refractivity contribution in [3.05, 3.63) is 0 Å². The summed E-state index contributed by atoms with van der Waals surface area (Å²) in [5, 5.41) is 18.9. The Labute approximate surface area is 111 Å². The summed E-state index contributed by atoms with van der Waals surface area (Å²) in [5.74, 6) is -0.647. The molecule has 0 aliphatic rings. The molecule has 0 fully saturated rings. The summed E-state index contributed by atoms with van der Waals surface area (Å²) in [5.41, 5.74) is 4.95. The van der Waals surface area contributed by atoms with E-state index in [0.29, 0.717) is 6.42 Å². The molecule has 0 heterocycles. The van der Waals surface area contributed by atoms with E-state index in [-0.39, 0.29) is 6.10 Å². The van der Waals surface area contributed by atoms with Gasteiger partial charge in [-0.1, -0.05) is 51.9 Å². The normalized spacial score (nSPS) is 14.4. The van der Waals surface area contributed by atoms with Gasteiger partial charge in [0.1, 0.15) is 6.10 Å². The topological polar surface area (TPSA) is 83.6 Å². The third-order valence-electron chi connectivity index (χ3n) is 3.23. The van der Waals surface area contributed by atoms with Crippen molar-refractivity contribution in [3.8, 4) is 0 Å². The highest BCUT2D eigenvalue weighted by Gasteiger charge is 2.10. The summed E-state index contributed by atoms with van der Waals surface area (Å²) in [4.78, 5) is 10.6. The molecule has 0 aromatic heterocycles. The number of nitrogens with two attached hydrogens (primary N) is 1. The molecule has 0 unspecified atom stereocenters. The maximum atomic E-state index is 10.6. The van der Waals surface area contributed by atoms with E-state index in [1.54, 1.807) is 0 Å². The second kappa shape index (κ2) is 11.5. The van der Waals surface area contributed by atoms with Gasteiger partial charge in [0.25, 0.3) is 0 Å². The molecule has 0 aliphatic heterocycles. The molecule has 4 heteroatoms. The van der Waals surface area contributed by atoms with E-state index in [4.69, 9.17) is 5.73 Å². The predicted molar refractivity (Wildman–Crippen MR) is 73.1 cm³/mol. The molecule has 0 aromatic rings. The number of carbonyl (C=O) groups excluding carboxylic acids is 1. The lowest BCUT2D eigenvalue weighted by Crippen LogP contribution is -2.27. The van der Waals surface area contributed by atoms with Crippen molar-refractivity contribution in [1.82, 2.24) is 0 Å². The van der Waals surface area contributed by atoms with Crippen molar-refractivity contribution in [2.24, 2.45) is 5.73 Å². The Morgan fingerprint density at radius 1 is 0.944 bits per heavy atom. The Bertz CT molecular complexity index is 209. The summed E-state index contributed by atoms with van der Waals surface area (Å²) in [7, 11) is 0. The number of aliphatic hydroxyl groups excluding tert-OH is 2. The van der Waals surface area contributed by atoms with E-state index in [0.717, 1.165) is 38.5 Å². The summed E-state index contributed by atoms with van der Waals surface area (Å²) in [6.07, 6.45) is 8.38. The van der Waals surface area contributed by atoms with Crippen LogP contribution in [0.3, 0.4) is 0 Å². The molecule has 4 nitrogen and oxygen atoms in total. The number of aliphatic hydroxyl groups is 2. The fourth-order valence-corrected chi connectivity index (χ4v) is 1.99. The first-order valence-corrected chi connectivity index (χ1v) is 7.23. The van der Waals surface area contributed by atoms with Gasteiger partial charge < -0.3 is 15.9 Å². The lowest BCUT2D eigenvalue weighted by atomic mass is 10.0. The first kappa shape index (κ1) is 17.4. The quantitative estimate of drug-likeness (QED) is 0.469. The van der Waals surface area contributed by atoms with E-state index in [9.17, 15) is 15.0 Å². The van der Waals surface area contributed by atoms with Gasteiger partial charge in [0, 0.05) is 0 Å². The zero-order chi connectivity index (χ0) is 13.8. The zero-order valence-electron chi connectivity index (χ0n) is 11.6. The summed E-state index contributed by atoms with van der Waals surface area (Å²) in [6, 6.07) is 0. The molecule has 18 heavy (non-hydrogen) atoms. The van der Waals surface area contributed by atoms with Crippen molar-refractivity contribution in [2.75, 3.05) is 0 Å². The molecule has 0 aliphatic carbocycles. The smallest absolute Gasteiger partial charge is 0.246 e. The number of carbonyl (C=O) groups is 1. The van der Waals surface area contributed by atoms with Gasteiger partial charge in [0.05, 0.1) is 6.10 Å². The zero-order valence-corrected chi connectivity index (χ0v) is 11.6. The first-order chi connectivity index (χ1) is 8.57. The largest absolute Gasteiger partial charge is 0.393 e. The average Bonchev–Trinajstić information content (AvgIpc) is 2.33. The Kier molecular flexibility index (Phi) is 11.1. The fraction of sp³-hybridized carbons (Fsp3) is 0.929. The molecule has 2 atom stereocenters. The summed E-state index contributed by atoms with van der Waals surface area (Å²) >= 11 is 0. The molecule has 0 bridgehead atoms. The monoisotopic (exact) mass is 259 g/mol. The average molecular weight is 259 g/mol. The third kappa shape index (κ3) is 10.5. The lowest BCUT2D eigenvalue weighted by molar-refractivity contribution is -0.126. The molecule has 108 valence electrons. The Balaban J connectivity index is 3.29. The van der Waals surface area contributed by atoms with Crippen molar-refractivity contribution in [3.63, 3.8) is 0 Å². The van der Waals surface area contributed by atoms with Crippen LogP contribution in [0.25, 0.3) is 0 Å². The molecule has 0 rings (SSSR count). The number of unbranched alkanes of at least 4 members (excludes halogenated alkanes) is 5. The highest BCUT2D eigenvalue weighted by molar-refractivity contribution is 5.78. The van der Waals surface area contributed by atoms with Gasteiger partial charge in [-0.2, -0.15) is 0 Å². The lowest BCUT2D eigenvalue weighted by Gasteiger charge is -2.10. The molecule has 0 radical (unpaired) electrons. The van der Waals surface area contributed by atoms with Gasteiger partial charge in [-0.25, -0.2) is 0 Å². The molecular formula is C14H29NO3. The van der Waals surface area contributed by atoms with Gasteiger partial charge in [0.15, 0.2) is 0 Å². The first-order valence-electron chi connectivity index (χ1n) is 7.23. The van der Waals surface area contributed by atoms with E-state index >= 15 is 0 Å². The molecule has 4 N–H and O–H groups in total. The van der Waals surface area contributed by atoms with Gasteiger partial charge in [-0.3, -0.25) is 4.79 Å². The van der Waals surface area contributed by atoms with E-state index in [2.05, 4.69) is 6.92 Å². The van der Waals surface area contributed by atoms with Gasteiger partial charge >= 0.3 is 0 Å². The maximum Gasteiger partial charge on any atom is 0.246 e. The third-order valence-corrected chi connectivity index (χ3v) is 3.23. The SMILES string of the molecule is CCCCCC[C@@H](O)CCCCC[C@@H](O)C(N)=O. The number of hydrogen-bond donors (Lipinski definition) is 3. The maximum absolute atomic E-state index is 10.6. The van der Waals surface area contributed by atoms with Crippen LogP contribution in [0.1, 0.15) is 71.1 Å². The van der Waals surface area contributed by atoms with Crippen LogP contribution < -0.4 is 5.73 Å². The minimum Gasteiger partial charge on any atom is -0.393 e. The van der Waals surface area contributed by atoms with E-state index in [1.165, 1.54) is 19.3 Å². The highest BCUT2D eigenvalue weighted by atomic mass is 16.3. The number of hydrogen-bond acceptors (Lipinski definition) is 3. The Morgan fingerprint density at radius 2 is 1.44 bits per heavy atom. The Morgan fingerprint density at radius 3 is 1.94 bits per heavy atom. The number of rotatable bonds is 12. The molecule has 1 amide bonds. The van der Waals surface area contributed by atoms with Crippen LogP contribution in [0.15, 0.2) is 0 Å². The minimum atomic E-state index is -1.01. The summed E-state index contributed by atoms with van der Waals surface area (Å²) in [6.45, 7) is 2.18. The highest BCUT2D eigenvalue weighted by Crippen LogP contribution is 2.12. The van der Waals surface area contributed by atoms with Crippen molar-refractivity contribution < 1.29 is 15.0 Å². The molecular weight excluding hydrogens is 230 g/mol. The summed E-state index contributed by atoms with van der Waals surface area (Å²) < 4.78 is 0. The van der Waals surface area contributed by atoms with Crippen LogP contribution in [-0.4, -0.2) is 28.3 Å². The van der Waals surface area contributed by atoms with E-state index < -0.39 is 12.0 Å². The van der Waals surface area contributed by atoms with Crippen LogP contribution in [-0.2, 0) is 4.79 Å². The van der Waals surface area contributed by atoms with Crippen LogP contribution in [0.2, 0.25) is 0 Å². The molecule has 0 saturated carbocycles. The standard InChI is InChI=1S/C14H29NO3/c1-2-3-4-6-9-12(16)10-7-5-8-11-13(17)14(15)18/h12-13,16-17H,2-11H2,1H3,(H2,15,18)/t12-,13-/m1/s1. The second-order valence-electron chi connectivity index (χ2n) is 5.06. The van der Waals surface area contributed by atoms with Crippen LogP contribution in [0.5, 0.6) is 0 Å². The van der Waals surface area contributed by atoms with Crippen molar-refractivity contribution >= 4 is 5.91 Å². The van der Waals surface area contributed by atoms with Crippen molar-refractivity contribution in [2.45, 2.75) is 83.3 Å². The van der Waals surface area contributed by atoms with Gasteiger partial charge in [-0.15, -0.1) is 0 Å². The van der Waals surface area contributed by atoms with Crippen LogP contribution >= 0.6 is 0 Å². The van der Waals surface area contributed by atoms with E-state index in [1.807, 2.05) is 0 Å². The minimum absolute atomic E-state index is 0.192. The molecule has 0 saturated heterocycles. The van der Waals surface area contributed by atoms with Gasteiger partial charge in [-0.05, 0) is 19.3 Å². The number of amides is 1.